The molecule has 2 heterocycles. The summed E-state index contributed by atoms with van der Waals surface area (Å²) in [5.74, 6) is 0.363. The Balaban J connectivity index is 1.80. The van der Waals surface area contributed by atoms with Crippen molar-refractivity contribution >= 4 is 17.5 Å². The van der Waals surface area contributed by atoms with E-state index in [-0.39, 0.29) is 5.82 Å². The van der Waals surface area contributed by atoms with Crippen LogP contribution < -0.4 is 5.32 Å². The number of nitrogens with one attached hydrogen (secondary N) is 1. The van der Waals surface area contributed by atoms with Gasteiger partial charge >= 0.3 is 0 Å². The van der Waals surface area contributed by atoms with Crippen molar-refractivity contribution in [3.8, 4) is 11.3 Å². The number of hydrogen-bond donors (Lipinski definition) is 1. The average Bonchev–Trinajstić information content (AvgIpc) is 2.93. The van der Waals surface area contributed by atoms with E-state index in [9.17, 15) is 0 Å². The van der Waals surface area contributed by atoms with Gasteiger partial charge in [-0.05, 0) is 69.4 Å². The molecule has 1 N–H and O–H groups in total. The second-order valence-corrected chi connectivity index (χ2v) is 9.83. The number of nitrogens with zero attached hydrogens (tertiary/aromatic N) is 3. The lowest BCUT2D eigenvalue weighted by atomic mass is 10.0. The zero-order chi connectivity index (χ0) is 28.9. The minimum Gasteiger partial charge on any atom is -0.366 e. The van der Waals surface area contributed by atoms with Crippen molar-refractivity contribution < 1.29 is 4.39 Å². The summed E-state index contributed by atoms with van der Waals surface area (Å²) in [4.78, 5) is 13.5. The van der Waals surface area contributed by atoms with E-state index in [1.54, 1.807) is 12.5 Å². The highest BCUT2D eigenvalue weighted by Gasteiger charge is 2.12. The highest BCUT2D eigenvalue weighted by molar-refractivity contribution is 5.74. The van der Waals surface area contributed by atoms with Crippen molar-refractivity contribution in [3.05, 3.63) is 119 Å². The van der Waals surface area contributed by atoms with Crippen LogP contribution in [0.25, 0.3) is 22.9 Å². The molecule has 0 fully saturated rings. The largest absolute Gasteiger partial charge is 0.366 e. The van der Waals surface area contributed by atoms with Crippen LogP contribution in [0.2, 0.25) is 0 Å². The molecule has 0 spiro atoms. The lowest BCUT2D eigenvalue weighted by Gasteiger charge is -2.13. The number of halogens is 1. The first kappa shape index (κ1) is 30.4. The maximum Gasteiger partial charge on any atom is 0.149 e. The van der Waals surface area contributed by atoms with Gasteiger partial charge in [-0.15, -0.1) is 0 Å². The Bertz CT molecular complexity index is 1440. The molecular formula is C35H41FN4. The molecule has 4 nitrogen and oxygen atoms in total. The van der Waals surface area contributed by atoms with Crippen LogP contribution in [0, 0.1) is 19.7 Å². The van der Waals surface area contributed by atoms with Crippen molar-refractivity contribution in [1.29, 1.82) is 0 Å². The molecule has 0 saturated heterocycles. The Morgan fingerprint density at radius 1 is 1.05 bits per heavy atom. The molecule has 5 heteroatoms. The molecule has 0 bridgehead atoms. The summed E-state index contributed by atoms with van der Waals surface area (Å²) < 4.78 is 15.2. The number of aryl methyl sites for hydroxylation is 1. The van der Waals surface area contributed by atoms with Crippen molar-refractivity contribution in [3.63, 3.8) is 0 Å². The summed E-state index contributed by atoms with van der Waals surface area (Å²) in [7, 11) is 0. The number of pyridine rings is 1. The van der Waals surface area contributed by atoms with Gasteiger partial charge in [0, 0.05) is 29.4 Å². The molecule has 0 amide bonds. The number of aromatic nitrogens is 3. The highest BCUT2D eigenvalue weighted by Crippen LogP contribution is 2.28. The van der Waals surface area contributed by atoms with E-state index in [1.165, 1.54) is 11.6 Å². The summed E-state index contributed by atoms with van der Waals surface area (Å²) in [5, 5.41) is 3.35. The predicted octanol–water partition coefficient (Wildman–Crippen LogP) is 9.59. The molecule has 0 aliphatic heterocycles. The van der Waals surface area contributed by atoms with E-state index in [0.29, 0.717) is 18.1 Å². The van der Waals surface area contributed by atoms with Crippen LogP contribution in [0.3, 0.4) is 0 Å². The minimum atomic E-state index is -0.349. The number of allylic oxidation sites excluding steroid dienone is 9. The normalized spacial score (nSPS) is 12.8. The van der Waals surface area contributed by atoms with Gasteiger partial charge in [-0.3, -0.25) is 4.98 Å². The highest BCUT2D eigenvalue weighted by atomic mass is 19.1. The zero-order valence-corrected chi connectivity index (χ0v) is 24.6. The van der Waals surface area contributed by atoms with Crippen LogP contribution >= 0.6 is 0 Å². The quantitative estimate of drug-likeness (QED) is 0.234. The van der Waals surface area contributed by atoms with Gasteiger partial charge in [0.1, 0.15) is 23.7 Å². The smallest absolute Gasteiger partial charge is 0.149 e. The van der Waals surface area contributed by atoms with Crippen molar-refractivity contribution in [2.75, 3.05) is 5.32 Å². The fourth-order valence-electron chi connectivity index (χ4n) is 4.36. The van der Waals surface area contributed by atoms with E-state index in [4.69, 9.17) is 0 Å². The minimum absolute atomic E-state index is 0.344. The third-order valence-electron chi connectivity index (χ3n) is 6.50. The Kier molecular flexibility index (Phi) is 11.8. The SMILES string of the molecule is C\C=C/C(=C\C(C)=C\CC)c1ncc(CNc2ncnc(-c3ccc(C)c(/C=C\C=C\CCC)c3)c2C)cc1F. The molecule has 0 radical (unpaired) electrons. The first-order valence-electron chi connectivity index (χ1n) is 14.0. The van der Waals surface area contributed by atoms with Gasteiger partial charge in [-0.1, -0.05) is 86.6 Å². The number of hydrogen-bond acceptors (Lipinski definition) is 4. The van der Waals surface area contributed by atoms with Crippen LogP contribution in [-0.4, -0.2) is 15.0 Å². The molecule has 0 unspecified atom stereocenters. The number of benzene rings is 1. The van der Waals surface area contributed by atoms with E-state index in [1.807, 2.05) is 39.0 Å². The van der Waals surface area contributed by atoms with Gasteiger partial charge in [0.2, 0.25) is 0 Å². The van der Waals surface area contributed by atoms with Gasteiger partial charge in [-0.25, -0.2) is 14.4 Å². The van der Waals surface area contributed by atoms with Crippen LogP contribution in [0.15, 0.2) is 84.9 Å². The van der Waals surface area contributed by atoms with Crippen molar-refractivity contribution in [1.82, 2.24) is 15.0 Å². The summed E-state index contributed by atoms with van der Waals surface area (Å²) in [6.07, 6.45) is 22.8. The maximum absolute atomic E-state index is 15.2. The Labute approximate surface area is 239 Å². The predicted molar refractivity (Wildman–Crippen MR) is 168 cm³/mol. The molecule has 0 aliphatic rings. The molecule has 0 atom stereocenters. The second-order valence-electron chi connectivity index (χ2n) is 9.83. The number of anilines is 1. The lowest BCUT2D eigenvalue weighted by molar-refractivity contribution is 0.614. The molecule has 0 aliphatic carbocycles. The Morgan fingerprint density at radius 2 is 1.88 bits per heavy atom. The van der Waals surface area contributed by atoms with Gasteiger partial charge in [0.05, 0.1) is 5.69 Å². The fraction of sp³-hybridized carbons (Fsp3) is 0.286. The summed E-state index contributed by atoms with van der Waals surface area (Å²) in [6.45, 7) is 12.7. The van der Waals surface area contributed by atoms with E-state index < -0.39 is 0 Å². The molecule has 3 rings (SSSR count). The van der Waals surface area contributed by atoms with E-state index >= 15 is 4.39 Å². The monoisotopic (exact) mass is 536 g/mol. The third kappa shape index (κ3) is 8.44. The summed E-state index contributed by atoms with van der Waals surface area (Å²) in [5.41, 5.74) is 8.10. The summed E-state index contributed by atoms with van der Waals surface area (Å²) in [6, 6.07) is 7.90. The van der Waals surface area contributed by atoms with Gasteiger partial charge in [0.15, 0.2) is 0 Å². The number of rotatable bonds is 12. The van der Waals surface area contributed by atoms with Crippen LogP contribution in [-0.2, 0) is 6.54 Å². The van der Waals surface area contributed by atoms with Crippen molar-refractivity contribution in [2.24, 2.45) is 0 Å². The van der Waals surface area contributed by atoms with Crippen LogP contribution in [0.1, 0.15) is 74.9 Å². The second kappa shape index (κ2) is 15.5. The lowest BCUT2D eigenvalue weighted by Crippen LogP contribution is -2.06. The van der Waals surface area contributed by atoms with Gasteiger partial charge < -0.3 is 5.32 Å². The Morgan fingerprint density at radius 3 is 2.60 bits per heavy atom. The molecule has 3 aromatic rings. The molecule has 1 aromatic carbocycles. The molecule has 0 saturated carbocycles. The third-order valence-corrected chi connectivity index (χ3v) is 6.50. The molecule has 208 valence electrons. The first-order chi connectivity index (χ1) is 19.4. The maximum atomic E-state index is 15.2. The van der Waals surface area contributed by atoms with Crippen LogP contribution in [0.4, 0.5) is 10.2 Å². The fourth-order valence-corrected chi connectivity index (χ4v) is 4.36. The van der Waals surface area contributed by atoms with Crippen LogP contribution in [0.5, 0.6) is 0 Å². The van der Waals surface area contributed by atoms with Crippen molar-refractivity contribution in [2.45, 2.75) is 67.3 Å². The molecule has 2 aromatic heterocycles. The van der Waals surface area contributed by atoms with E-state index in [2.05, 4.69) is 89.6 Å². The standard InChI is InChI=1S/C35H41FN4/c1-7-10-11-12-13-16-29-21-31(18-17-26(29)5)33-27(6)35(40-24-39-33)38-23-28-20-32(36)34(37-22-28)30(15-9-3)19-25(4)14-8-2/h9,11-22,24H,7-8,10,23H2,1-6H3,(H,38,39,40)/b12-11+,15-9-,16-13-,25-14+,30-19+. The first-order valence-corrected chi connectivity index (χ1v) is 14.0. The Hall–Kier alpha value is -4.12. The summed E-state index contributed by atoms with van der Waals surface area (Å²) >= 11 is 0. The zero-order valence-electron chi connectivity index (χ0n) is 24.6. The van der Waals surface area contributed by atoms with E-state index in [0.717, 1.165) is 58.4 Å². The molecular weight excluding hydrogens is 495 g/mol. The number of unbranched alkanes of at least 4 members (excludes halogenated alkanes) is 1. The van der Waals surface area contributed by atoms with Gasteiger partial charge in [0.25, 0.3) is 0 Å². The van der Waals surface area contributed by atoms with Gasteiger partial charge in [-0.2, -0.15) is 0 Å². The molecule has 40 heavy (non-hydrogen) atoms. The topological polar surface area (TPSA) is 50.7 Å². The average molecular weight is 537 g/mol.